The van der Waals surface area contributed by atoms with Gasteiger partial charge in [0.15, 0.2) is 5.78 Å². The van der Waals surface area contributed by atoms with Crippen molar-refractivity contribution in [3.63, 3.8) is 0 Å². The van der Waals surface area contributed by atoms with Crippen molar-refractivity contribution in [3.8, 4) is 5.75 Å². The van der Waals surface area contributed by atoms with Crippen LogP contribution in [-0.2, 0) is 0 Å². The Labute approximate surface area is 149 Å². The van der Waals surface area contributed by atoms with Gasteiger partial charge in [-0.3, -0.25) is 9.69 Å². The SMILES string of the molecule is O=C(CN1CCN(c2ccccc2F)CC1)c1ccc(OC(F)F)cc1. The summed E-state index contributed by atoms with van der Waals surface area (Å²) in [6, 6.07) is 12.3. The number of carbonyl (C=O) groups excluding carboxylic acids is 1. The van der Waals surface area contributed by atoms with Crippen LogP contribution in [0.1, 0.15) is 10.4 Å². The Bertz CT molecular complexity index is 745. The molecule has 0 unspecified atom stereocenters. The predicted octanol–water partition coefficient (Wildman–Crippen LogP) is 3.43. The van der Waals surface area contributed by atoms with Gasteiger partial charge in [-0.25, -0.2) is 4.39 Å². The number of anilines is 1. The molecule has 1 heterocycles. The molecule has 26 heavy (non-hydrogen) atoms. The first-order chi connectivity index (χ1) is 12.5. The minimum absolute atomic E-state index is 0.0232. The fourth-order valence-corrected chi connectivity index (χ4v) is 2.97. The highest BCUT2D eigenvalue weighted by Crippen LogP contribution is 2.20. The van der Waals surface area contributed by atoms with Gasteiger partial charge < -0.3 is 9.64 Å². The number of ether oxygens (including phenoxy) is 1. The van der Waals surface area contributed by atoms with Gasteiger partial charge in [-0.05, 0) is 36.4 Å². The summed E-state index contributed by atoms with van der Waals surface area (Å²) in [5.74, 6) is -0.314. The van der Waals surface area contributed by atoms with E-state index in [4.69, 9.17) is 0 Å². The summed E-state index contributed by atoms with van der Waals surface area (Å²) in [5.41, 5.74) is 1.02. The summed E-state index contributed by atoms with van der Waals surface area (Å²) >= 11 is 0. The number of halogens is 3. The molecule has 4 nitrogen and oxygen atoms in total. The Kier molecular flexibility index (Phi) is 5.78. The highest BCUT2D eigenvalue weighted by Gasteiger charge is 2.21. The van der Waals surface area contributed by atoms with E-state index >= 15 is 0 Å². The van der Waals surface area contributed by atoms with Gasteiger partial charge in [0, 0.05) is 31.7 Å². The average Bonchev–Trinajstić information content (AvgIpc) is 2.63. The summed E-state index contributed by atoms with van der Waals surface area (Å²) in [7, 11) is 0. The van der Waals surface area contributed by atoms with E-state index in [9.17, 15) is 18.0 Å². The second kappa shape index (κ2) is 8.23. The first-order valence-electron chi connectivity index (χ1n) is 8.33. The molecule has 2 aromatic rings. The number of hydrogen-bond acceptors (Lipinski definition) is 4. The second-order valence-corrected chi connectivity index (χ2v) is 6.04. The normalized spacial score (nSPS) is 15.3. The van der Waals surface area contributed by atoms with E-state index < -0.39 is 6.61 Å². The van der Waals surface area contributed by atoms with Crippen LogP contribution in [0.2, 0.25) is 0 Å². The molecule has 7 heteroatoms. The van der Waals surface area contributed by atoms with Crippen LogP contribution in [-0.4, -0.2) is 50.0 Å². The lowest BCUT2D eigenvalue weighted by molar-refractivity contribution is -0.0498. The van der Waals surface area contributed by atoms with Gasteiger partial charge in [-0.1, -0.05) is 12.1 Å². The van der Waals surface area contributed by atoms with Crippen LogP contribution >= 0.6 is 0 Å². The number of hydrogen-bond donors (Lipinski definition) is 0. The van der Waals surface area contributed by atoms with E-state index in [1.54, 1.807) is 18.2 Å². The van der Waals surface area contributed by atoms with E-state index in [1.165, 1.54) is 30.3 Å². The first-order valence-corrected chi connectivity index (χ1v) is 8.33. The van der Waals surface area contributed by atoms with Crippen molar-refractivity contribution < 1.29 is 22.7 Å². The van der Waals surface area contributed by atoms with E-state index in [1.807, 2.05) is 9.80 Å². The molecular formula is C19H19F3N2O2. The Morgan fingerprint density at radius 1 is 1.00 bits per heavy atom. The van der Waals surface area contributed by atoms with Crippen LogP contribution in [0.3, 0.4) is 0 Å². The highest BCUT2D eigenvalue weighted by molar-refractivity contribution is 5.97. The molecule has 0 saturated carbocycles. The quantitative estimate of drug-likeness (QED) is 0.736. The highest BCUT2D eigenvalue weighted by atomic mass is 19.3. The van der Waals surface area contributed by atoms with Crippen LogP contribution in [0.25, 0.3) is 0 Å². The molecular weight excluding hydrogens is 345 g/mol. The Hall–Kier alpha value is -2.54. The smallest absolute Gasteiger partial charge is 0.387 e. The monoisotopic (exact) mass is 364 g/mol. The number of alkyl halides is 2. The van der Waals surface area contributed by atoms with Gasteiger partial charge in [0.25, 0.3) is 0 Å². The van der Waals surface area contributed by atoms with Crippen LogP contribution in [0, 0.1) is 5.82 Å². The summed E-state index contributed by atoms with van der Waals surface area (Å²) < 4.78 is 42.4. The number of Topliss-reactive ketones (excluding diaryl/α,β-unsaturated/α-hetero) is 1. The number of para-hydroxylation sites is 1. The minimum Gasteiger partial charge on any atom is -0.435 e. The number of nitrogens with zero attached hydrogens (tertiary/aromatic N) is 2. The number of ketones is 1. The number of rotatable bonds is 6. The third kappa shape index (κ3) is 4.54. The minimum atomic E-state index is -2.89. The molecule has 2 aromatic carbocycles. The number of benzene rings is 2. The molecule has 0 aliphatic carbocycles. The summed E-state index contributed by atoms with van der Waals surface area (Å²) in [5, 5.41) is 0. The van der Waals surface area contributed by atoms with Crippen molar-refractivity contribution in [2.45, 2.75) is 6.61 Å². The van der Waals surface area contributed by atoms with E-state index in [0.29, 0.717) is 37.4 Å². The summed E-state index contributed by atoms with van der Waals surface area (Å²) in [6.45, 7) is -0.0909. The molecule has 0 spiro atoms. The zero-order valence-electron chi connectivity index (χ0n) is 14.1. The molecule has 3 rings (SSSR count). The van der Waals surface area contributed by atoms with Crippen LogP contribution in [0.4, 0.5) is 18.9 Å². The lowest BCUT2D eigenvalue weighted by atomic mass is 10.1. The molecule has 0 atom stereocenters. The Morgan fingerprint density at radius 3 is 2.27 bits per heavy atom. The van der Waals surface area contributed by atoms with Crippen molar-refractivity contribution >= 4 is 11.5 Å². The van der Waals surface area contributed by atoms with E-state index in [0.717, 1.165) is 0 Å². The molecule has 0 aromatic heterocycles. The average molecular weight is 364 g/mol. The van der Waals surface area contributed by atoms with Crippen molar-refractivity contribution in [1.29, 1.82) is 0 Å². The second-order valence-electron chi connectivity index (χ2n) is 6.04. The molecule has 0 N–H and O–H groups in total. The van der Waals surface area contributed by atoms with E-state index in [2.05, 4.69) is 4.74 Å². The lowest BCUT2D eigenvalue weighted by Gasteiger charge is -2.35. The zero-order valence-corrected chi connectivity index (χ0v) is 14.1. The molecule has 1 saturated heterocycles. The maximum absolute atomic E-state index is 13.8. The van der Waals surface area contributed by atoms with Crippen molar-refractivity contribution in [2.24, 2.45) is 0 Å². The summed E-state index contributed by atoms with van der Waals surface area (Å²) in [6.07, 6.45) is 0. The predicted molar refractivity (Wildman–Crippen MR) is 92.5 cm³/mol. The van der Waals surface area contributed by atoms with Gasteiger partial charge in [-0.15, -0.1) is 0 Å². The Morgan fingerprint density at radius 2 is 1.65 bits per heavy atom. The van der Waals surface area contributed by atoms with Crippen LogP contribution in [0.15, 0.2) is 48.5 Å². The molecule has 138 valence electrons. The largest absolute Gasteiger partial charge is 0.435 e. The van der Waals surface area contributed by atoms with E-state index in [-0.39, 0.29) is 23.9 Å². The molecule has 0 bridgehead atoms. The molecule has 0 radical (unpaired) electrons. The number of carbonyl (C=O) groups is 1. The van der Waals surface area contributed by atoms with Gasteiger partial charge in [-0.2, -0.15) is 8.78 Å². The van der Waals surface area contributed by atoms with Crippen molar-refractivity contribution in [3.05, 3.63) is 59.9 Å². The van der Waals surface area contributed by atoms with Gasteiger partial charge in [0.2, 0.25) is 0 Å². The Balaban J connectivity index is 1.52. The lowest BCUT2D eigenvalue weighted by Crippen LogP contribution is -2.48. The van der Waals surface area contributed by atoms with Crippen LogP contribution in [0.5, 0.6) is 5.75 Å². The summed E-state index contributed by atoms with van der Waals surface area (Å²) in [4.78, 5) is 16.3. The third-order valence-electron chi connectivity index (χ3n) is 4.33. The fourth-order valence-electron chi connectivity index (χ4n) is 2.97. The number of piperazine rings is 1. The van der Waals surface area contributed by atoms with Crippen molar-refractivity contribution in [1.82, 2.24) is 4.90 Å². The standard InChI is InChI=1S/C19H19F3N2O2/c20-16-3-1-2-4-17(16)24-11-9-23(10-12-24)13-18(25)14-5-7-15(8-6-14)26-19(21)22/h1-8,19H,9-13H2. The molecule has 1 aliphatic heterocycles. The van der Waals surface area contributed by atoms with Crippen LogP contribution < -0.4 is 9.64 Å². The van der Waals surface area contributed by atoms with Gasteiger partial charge in [0.1, 0.15) is 11.6 Å². The molecule has 0 amide bonds. The van der Waals surface area contributed by atoms with Gasteiger partial charge in [0.05, 0.1) is 12.2 Å². The third-order valence-corrected chi connectivity index (χ3v) is 4.33. The fraction of sp³-hybridized carbons (Fsp3) is 0.316. The first kappa shape index (κ1) is 18.3. The topological polar surface area (TPSA) is 32.8 Å². The molecule has 1 aliphatic rings. The molecule has 1 fully saturated rings. The zero-order chi connectivity index (χ0) is 18.5. The van der Waals surface area contributed by atoms with Crippen molar-refractivity contribution in [2.75, 3.05) is 37.6 Å². The van der Waals surface area contributed by atoms with Gasteiger partial charge >= 0.3 is 6.61 Å². The maximum atomic E-state index is 13.8. The maximum Gasteiger partial charge on any atom is 0.387 e.